The van der Waals surface area contributed by atoms with E-state index in [-0.39, 0.29) is 35.1 Å². The third-order valence-corrected chi connectivity index (χ3v) is 5.97. The Kier molecular flexibility index (Phi) is 5.10. The van der Waals surface area contributed by atoms with Crippen LogP contribution in [0.4, 0.5) is 5.13 Å². The van der Waals surface area contributed by atoms with Crippen molar-refractivity contribution >= 4 is 28.3 Å². The third kappa shape index (κ3) is 4.09. The van der Waals surface area contributed by atoms with Crippen molar-refractivity contribution in [3.05, 3.63) is 23.7 Å². The van der Waals surface area contributed by atoms with Gasteiger partial charge in [-0.3, -0.25) is 4.79 Å². The highest BCUT2D eigenvalue weighted by molar-refractivity contribution is 7.13. The summed E-state index contributed by atoms with van der Waals surface area (Å²) >= 11 is 1.32. The number of aromatic nitrogens is 1. The normalized spacial score (nSPS) is 26.4. The molecule has 1 aromatic rings. The Bertz CT molecular complexity index is 715. The number of esters is 1. The number of nitrogens with one attached hydrogen (secondary N) is 1. The van der Waals surface area contributed by atoms with Crippen LogP contribution in [0.5, 0.6) is 0 Å². The molecule has 1 amide bonds. The van der Waals surface area contributed by atoms with E-state index in [4.69, 9.17) is 4.74 Å². The van der Waals surface area contributed by atoms with Crippen molar-refractivity contribution in [3.63, 3.8) is 0 Å². The van der Waals surface area contributed by atoms with E-state index in [9.17, 15) is 9.59 Å². The fourth-order valence-corrected chi connectivity index (χ4v) is 5.33. The molecular weight excluding hydrogens is 350 g/mol. The molecule has 1 aromatic heterocycles. The number of nitrogens with zero attached hydrogens (tertiary/aromatic N) is 2. The Balaban J connectivity index is 1.55. The Morgan fingerprint density at radius 3 is 2.96 bits per heavy atom. The highest BCUT2D eigenvalue weighted by atomic mass is 32.1. The van der Waals surface area contributed by atoms with Crippen LogP contribution in [0, 0.1) is 10.8 Å². The van der Waals surface area contributed by atoms with Gasteiger partial charge in [0.15, 0.2) is 17.4 Å². The number of rotatable bonds is 6. The molecule has 0 radical (unpaired) electrons. The predicted molar refractivity (Wildman–Crippen MR) is 102 cm³/mol. The van der Waals surface area contributed by atoms with Gasteiger partial charge in [-0.15, -0.1) is 17.9 Å². The van der Waals surface area contributed by atoms with Gasteiger partial charge in [-0.25, -0.2) is 9.78 Å². The molecule has 2 unspecified atom stereocenters. The van der Waals surface area contributed by atoms with Crippen LogP contribution in [0.15, 0.2) is 18.0 Å². The average molecular weight is 378 g/mol. The molecule has 2 heterocycles. The predicted octanol–water partition coefficient (Wildman–Crippen LogP) is 3.33. The fraction of sp³-hybridized carbons (Fsp3) is 0.632. The summed E-state index contributed by atoms with van der Waals surface area (Å²) in [6.07, 6.45) is 4.89. The molecule has 2 atom stereocenters. The van der Waals surface area contributed by atoms with Crippen molar-refractivity contribution in [1.29, 1.82) is 0 Å². The summed E-state index contributed by atoms with van der Waals surface area (Å²) in [5.41, 5.74) is 0.647. The lowest BCUT2D eigenvalue weighted by molar-refractivity contribution is -0.135. The maximum atomic E-state index is 12.6. The van der Waals surface area contributed by atoms with Gasteiger partial charge in [-0.05, 0) is 30.1 Å². The molecule has 2 aliphatic rings. The monoisotopic (exact) mass is 377 g/mol. The number of carbonyl (C=O) groups is 2. The highest BCUT2D eigenvalue weighted by Gasteiger charge is 2.50. The molecule has 0 spiro atoms. The van der Waals surface area contributed by atoms with Crippen molar-refractivity contribution in [2.45, 2.75) is 46.1 Å². The number of fused-ring (bicyclic) bond motifs is 2. The summed E-state index contributed by atoms with van der Waals surface area (Å²) in [6.45, 7) is 11.5. The molecule has 1 saturated heterocycles. The quantitative estimate of drug-likeness (QED) is 0.608. The Morgan fingerprint density at radius 1 is 1.46 bits per heavy atom. The largest absolute Gasteiger partial charge is 0.451 e. The van der Waals surface area contributed by atoms with Gasteiger partial charge < -0.3 is 15.0 Å². The van der Waals surface area contributed by atoms with Crippen molar-refractivity contribution in [1.82, 2.24) is 9.88 Å². The molecule has 0 aromatic carbocycles. The molecule has 26 heavy (non-hydrogen) atoms. The minimum absolute atomic E-state index is 0.106. The number of likely N-dealkylation sites (tertiary alicyclic amines) is 1. The summed E-state index contributed by atoms with van der Waals surface area (Å²) in [6, 6.07) is 0.254. The number of anilines is 1. The maximum absolute atomic E-state index is 12.6. The lowest BCUT2D eigenvalue weighted by Gasteiger charge is -2.39. The Hall–Kier alpha value is -1.89. The molecule has 1 aliphatic carbocycles. The minimum Gasteiger partial charge on any atom is -0.451 e. The first-order valence-electron chi connectivity index (χ1n) is 8.98. The van der Waals surface area contributed by atoms with E-state index in [0.717, 1.165) is 25.8 Å². The van der Waals surface area contributed by atoms with Crippen LogP contribution in [-0.2, 0) is 9.53 Å². The first kappa shape index (κ1) is 18.9. The van der Waals surface area contributed by atoms with Crippen LogP contribution < -0.4 is 5.32 Å². The summed E-state index contributed by atoms with van der Waals surface area (Å²) < 4.78 is 5.22. The standard InChI is InChI=1S/C19H27N3O3S/c1-5-6-20-17-21-14(10-26-17)16(24)25-9-15(23)22-12-19(4)8-13(22)7-18(2,3)11-19/h5,10,13H,1,6-9,11-12H2,2-4H3,(H,20,21). The number of hydrogen-bond donors (Lipinski definition) is 1. The van der Waals surface area contributed by atoms with E-state index in [1.54, 1.807) is 11.5 Å². The van der Waals surface area contributed by atoms with E-state index in [1.165, 1.54) is 11.3 Å². The third-order valence-electron chi connectivity index (χ3n) is 5.17. The molecule has 6 nitrogen and oxygen atoms in total. The van der Waals surface area contributed by atoms with E-state index in [2.05, 4.69) is 37.7 Å². The van der Waals surface area contributed by atoms with Crippen LogP contribution in [0.3, 0.4) is 0 Å². The first-order chi connectivity index (χ1) is 12.2. The van der Waals surface area contributed by atoms with Gasteiger partial charge in [0.05, 0.1) is 0 Å². The first-order valence-corrected chi connectivity index (χ1v) is 9.86. The molecule has 1 saturated carbocycles. The highest BCUT2D eigenvalue weighted by Crippen LogP contribution is 2.52. The lowest BCUT2D eigenvalue weighted by atomic mass is 9.65. The van der Waals surface area contributed by atoms with Crippen molar-refractivity contribution in [2.75, 3.05) is 25.0 Å². The molecule has 7 heteroatoms. The zero-order valence-corrected chi connectivity index (χ0v) is 16.5. The summed E-state index contributed by atoms with van der Waals surface area (Å²) in [5.74, 6) is -0.667. The number of ether oxygens (including phenoxy) is 1. The van der Waals surface area contributed by atoms with E-state index >= 15 is 0 Å². The molecule has 2 bridgehead atoms. The second-order valence-electron chi connectivity index (χ2n) is 8.52. The summed E-state index contributed by atoms with van der Waals surface area (Å²) in [4.78, 5) is 30.9. The Labute approximate surface area is 158 Å². The lowest BCUT2D eigenvalue weighted by Crippen LogP contribution is -2.39. The topological polar surface area (TPSA) is 71.5 Å². The average Bonchev–Trinajstić information content (AvgIpc) is 3.11. The molecule has 3 rings (SSSR count). The van der Waals surface area contributed by atoms with Gasteiger partial charge in [0.2, 0.25) is 0 Å². The maximum Gasteiger partial charge on any atom is 0.358 e. The number of amides is 1. The van der Waals surface area contributed by atoms with Crippen molar-refractivity contribution in [3.8, 4) is 0 Å². The zero-order valence-electron chi connectivity index (χ0n) is 15.7. The number of hydrogen-bond acceptors (Lipinski definition) is 6. The van der Waals surface area contributed by atoms with Crippen molar-refractivity contribution < 1.29 is 14.3 Å². The summed E-state index contributed by atoms with van der Waals surface area (Å²) in [7, 11) is 0. The SMILES string of the molecule is C=CCNc1nc(C(=O)OCC(=O)N2CC3(C)CC2CC(C)(C)C3)cs1. The molecule has 1 aliphatic heterocycles. The van der Waals surface area contributed by atoms with E-state index in [1.807, 2.05) is 4.90 Å². The van der Waals surface area contributed by atoms with Crippen LogP contribution in [0.2, 0.25) is 0 Å². The van der Waals surface area contributed by atoms with Crippen molar-refractivity contribution in [2.24, 2.45) is 10.8 Å². The van der Waals surface area contributed by atoms with Gasteiger partial charge >= 0.3 is 5.97 Å². The molecule has 1 N–H and O–H groups in total. The van der Waals surface area contributed by atoms with Crippen LogP contribution in [0.25, 0.3) is 0 Å². The van der Waals surface area contributed by atoms with Crippen LogP contribution in [-0.4, -0.2) is 47.5 Å². The van der Waals surface area contributed by atoms with Gasteiger partial charge in [0, 0.05) is 24.5 Å². The second-order valence-corrected chi connectivity index (χ2v) is 9.38. The van der Waals surface area contributed by atoms with Gasteiger partial charge in [-0.2, -0.15) is 0 Å². The molecule has 142 valence electrons. The fourth-order valence-electron chi connectivity index (χ4n) is 4.64. The smallest absolute Gasteiger partial charge is 0.358 e. The number of thiazole rings is 1. The molecular formula is C19H27N3O3S. The number of carbonyl (C=O) groups excluding carboxylic acids is 2. The van der Waals surface area contributed by atoms with E-state index < -0.39 is 5.97 Å². The van der Waals surface area contributed by atoms with E-state index in [0.29, 0.717) is 11.7 Å². The van der Waals surface area contributed by atoms with Gasteiger partial charge in [-0.1, -0.05) is 26.8 Å². The second kappa shape index (κ2) is 7.02. The van der Waals surface area contributed by atoms with Crippen LogP contribution >= 0.6 is 11.3 Å². The Morgan fingerprint density at radius 2 is 2.23 bits per heavy atom. The van der Waals surface area contributed by atoms with Gasteiger partial charge in [0.25, 0.3) is 5.91 Å². The molecule has 2 fully saturated rings. The minimum atomic E-state index is -0.560. The van der Waals surface area contributed by atoms with Gasteiger partial charge in [0.1, 0.15) is 0 Å². The zero-order chi connectivity index (χ0) is 18.9. The van der Waals surface area contributed by atoms with Crippen LogP contribution in [0.1, 0.15) is 50.5 Å². The summed E-state index contributed by atoms with van der Waals surface area (Å²) in [5, 5.41) is 5.28.